The number of nitrogens with zero attached hydrogens (tertiary/aromatic N) is 4. The maximum Gasteiger partial charge on any atom is 0.231 e. The lowest BCUT2D eigenvalue weighted by Crippen LogP contribution is -2.31. The van der Waals surface area contributed by atoms with Gasteiger partial charge in [-0.25, -0.2) is 14.4 Å². The van der Waals surface area contributed by atoms with Crippen LogP contribution in [0.5, 0.6) is 0 Å². The summed E-state index contributed by atoms with van der Waals surface area (Å²) in [6, 6.07) is 13.9. The highest BCUT2D eigenvalue weighted by Gasteiger charge is 2.29. The van der Waals surface area contributed by atoms with Crippen molar-refractivity contribution in [3.05, 3.63) is 75.9 Å². The first-order valence-electron chi connectivity index (χ1n) is 8.66. The van der Waals surface area contributed by atoms with Gasteiger partial charge in [0.2, 0.25) is 5.91 Å². The summed E-state index contributed by atoms with van der Waals surface area (Å²) in [7, 11) is 0. The molecule has 4 rings (SSSR count). The highest BCUT2D eigenvalue weighted by atomic mass is 79.9. The number of benzene rings is 2. The number of aromatic nitrogens is 2. The van der Waals surface area contributed by atoms with E-state index < -0.39 is 5.82 Å². The Labute approximate surface area is 169 Å². The molecule has 1 aromatic heterocycles. The number of carbonyl (C=O) groups excluding carboxylic acids is 1. The van der Waals surface area contributed by atoms with Crippen LogP contribution in [-0.4, -0.2) is 22.4 Å². The number of halogens is 2. The highest BCUT2D eigenvalue weighted by Crippen LogP contribution is 2.36. The average molecular weight is 437 g/mol. The molecule has 0 spiro atoms. The Bertz CT molecular complexity index is 1130. The van der Waals surface area contributed by atoms with Crippen LogP contribution in [0.3, 0.4) is 0 Å². The number of anilines is 1. The van der Waals surface area contributed by atoms with Crippen LogP contribution in [0.25, 0.3) is 11.3 Å². The molecule has 3 aromatic rings. The molecular formula is C21H14BrFN4O. The lowest BCUT2D eigenvalue weighted by Gasteiger charge is -2.19. The summed E-state index contributed by atoms with van der Waals surface area (Å²) in [4.78, 5) is 22.8. The van der Waals surface area contributed by atoms with Crippen LogP contribution >= 0.6 is 15.9 Å². The zero-order valence-electron chi connectivity index (χ0n) is 14.7. The molecule has 0 fully saturated rings. The normalized spacial score (nSPS) is 12.5. The largest absolute Gasteiger partial charge is 0.310 e. The zero-order chi connectivity index (χ0) is 19.7. The Hall–Kier alpha value is -3.11. The van der Waals surface area contributed by atoms with E-state index in [0.717, 1.165) is 11.1 Å². The number of hydrogen-bond donors (Lipinski definition) is 0. The molecule has 5 nitrogen and oxygen atoms in total. The number of fused-ring (bicyclic) bond motifs is 1. The molecule has 28 heavy (non-hydrogen) atoms. The molecule has 2 aromatic carbocycles. The van der Waals surface area contributed by atoms with Gasteiger partial charge >= 0.3 is 0 Å². The predicted molar refractivity (Wildman–Crippen MR) is 106 cm³/mol. The van der Waals surface area contributed by atoms with E-state index in [4.69, 9.17) is 0 Å². The maximum atomic E-state index is 13.9. The van der Waals surface area contributed by atoms with E-state index in [1.165, 1.54) is 6.07 Å². The van der Waals surface area contributed by atoms with Crippen molar-refractivity contribution in [2.45, 2.75) is 12.8 Å². The lowest BCUT2D eigenvalue weighted by molar-refractivity contribution is -0.117. The van der Waals surface area contributed by atoms with E-state index in [9.17, 15) is 14.4 Å². The van der Waals surface area contributed by atoms with Crippen LogP contribution in [-0.2, 0) is 17.6 Å². The SMILES string of the molecule is N#Cc1cc(-c2ccnc(Br)n2)cc2c1N(C(=O)Cc1ccccc1F)CC2. The number of carbonyl (C=O) groups is 1. The van der Waals surface area contributed by atoms with Crippen molar-refractivity contribution in [1.82, 2.24) is 9.97 Å². The van der Waals surface area contributed by atoms with Crippen molar-refractivity contribution in [3.63, 3.8) is 0 Å². The maximum absolute atomic E-state index is 13.9. The standard InChI is InChI=1S/C21H14BrFN4O/c22-21-25-7-5-18(26-21)15-9-14-6-8-27(20(14)16(10-15)12-24)19(28)11-13-3-1-2-4-17(13)23/h1-5,7,9-10H,6,8,11H2. The summed E-state index contributed by atoms with van der Waals surface area (Å²) in [5.74, 6) is -0.627. The van der Waals surface area contributed by atoms with Crippen LogP contribution in [0.1, 0.15) is 16.7 Å². The number of rotatable bonds is 3. The fraction of sp³-hybridized carbons (Fsp3) is 0.143. The van der Waals surface area contributed by atoms with E-state index in [2.05, 4.69) is 32.0 Å². The Kier molecular flexibility index (Phi) is 4.88. The topological polar surface area (TPSA) is 69.9 Å². The van der Waals surface area contributed by atoms with Gasteiger partial charge in [-0.05, 0) is 57.7 Å². The minimum Gasteiger partial charge on any atom is -0.310 e. The first kappa shape index (κ1) is 18.3. The van der Waals surface area contributed by atoms with Gasteiger partial charge in [-0.1, -0.05) is 18.2 Å². The summed E-state index contributed by atoms with van der Waals surface area (Å²) in [5.41, 5.74) is 3.76. The molecule has 0 atom stereocenters. The van der Waals surface area contributed by atoms with Gasteiger partial charge in [0.1, 0.15) is 11.9 Å². The summed E-state index contributed by atoms with van der Waals surface area (Å²) >= 11 is 3.25. The van der Waals surface area contributed by atoms with E-state index in [1.54, 1.807) is 41.4 Å². The predicted octanol–water partition coefficient (Wildman–Crippen LogP) is 4.05. The van der Waals surface area contributed by atoms with Gasteiger partial charge in [0.05, 0.1) is 23.4 Å². The van der Waals surface area contributed by atoms with Gasteiger partial charge in [0.25, 0.3) is 0 Å². The second-order valence-electron chi connectivity index (χ2n) is 6.42. The molecule has 0 unspecified atom stereocenters. The van der Waals surface area contributed by atoms with Crippen LogP contribution in [0.15, 0.2) is 53.4 Å². The Morgan fingerprint density at radius 3 is 2.86 bits per heavy atom. The van der Waals surface area contributed by atoms with Crippen molar-refractivity contribution >= 4 is 27.5 Å². The Morgan fingerprint density at radius 1 is 1.29 bits per heavy atom. The third-order valence-corrected chi connectivity index (χ3v) is 5.09. The molecule has 2 heterocycles. The third-order valence-electron chi connectivity index (χ3n) is 4.71. The fourth-order valence-electron chi connectivity index (χ4n) is 3.43. The molecule has 1 amide bonds. The van der Waals surface area contributed by atoms with Crippen molar-refractivity contribution < 1.29 is 9.18 Å². The molecule has 1 aliphatic rings. The highest BCUT2D eigenvalue weighted by molar-refractivity contribution is 9.10. The third kappa shape index (κ3) is 3.39. The molecule has 1 aliphatic heterocycles. The average Bonchev–Trinajstić information content (AvgIpc) is 3.13. The minimum absolute atomic E-state index is 0.0441. The number of hydrogen-bond acceptors (Lipinski definition) is 4. The minimum atomic E-state index is -0.402. The Morgan fingerprint density at radius 2 is 2.11 bits per heavy atom. The lowest BCUT2D eigenvalue weighted by atomic mass is 10.0. The summed E-state index contributed by atoms with van der Waals surface area (Å²) in [6.45, 7) is 0.466. The van der Waals surface area contributed by atoms with Gasteiger partial charge in [-0.3, -0.25) is 4.79 Å². The zero-order valence-corrected chi connectivity index (χ0v) is 16.3. The first-order valence-corrected chi connectivity index (χ1v) is 9.46. The molecule has 0 N–H and O–H groups in total. The van der Waals surface area contributed by atoms with E-state index in [-0.39, 0.29) is 12.3 Å². The molecule has 0 saturated heterocycles. The van der Waals surface area contributed by atoms with Crippen LogP contribution in [0.4, 0.5) is 10.1 Å². The number of nitriles is 1. The molecule has 0 bridgehead atoms. The van der Waals surface area contributed by atoms with Crippen molar-refractivity contribution in [1.29, 1.82) is 5.26 Å². The second kappa shape index (κ2) is 7.49. The quantitative estimate of drug-likeness (QED) is 0.580. The number of amides is 1. The molecule has 7 heteroatoms. The molecule has 0 aliphatic carbocycles. The van der Waals surface area contributed by atoms with Crippen LogP contribution in [0.2, 0.25) is 0 Å². The van der Waals surface area contributed by atoms with Crippen molar-refractivity contribution in [2.24, 2.45) is 0 Å². The molecule has 138 valence electrons. The molecular weight excluding hydrogens is 423 g/mol. The van der Waals surface area contributed by atoms with Crippen LogP contribution in [0, 0.1) is 17.1 Å². The van der Waals surface area contributed by atoms with Crippen molar-refractivity contribution in [3.8, 4) is 17.3 Å². The summed E-state index contributed by atoms with van der Waals surface area (Å²) < 4.78 is 14.4. The van der Waals surface area contributed by atoms with Crippen molar-refractivity contribution in [2.75, 3.05) is 11.4 Å². The van der Waals surface area contributed by atoms with Gasteiger partial charge in [-0.2, -0.15) is 5.26 Å². The first-order chi connectivity index (χ1) is 13.6. The monoisotopic (exact) mass is 436 g/mol. The summed E-state index contributed by atoms with van der Waals surface area (Å²) in [6.07, 6.45) is 2.22. The fourth-order valence-corrected chi connectivity index (χ4v) is 3.74. The van der Waals surface area contributed by atoms with Crippen LogP contribution < -0.4 is 4.90 Å². The molecule has 0 saturated carbocycles. The smallest absolute Gasteiger partial charge is 0.231 e. The van der Waals surface area contributed by atoms with E-state index >= 15 is 0 Å². The van der Waals surface area contributed by atoms with Gasteiger partial charge < -0.3 is 4.90 Å². The van der Waals surface area contributed by atoms with Gasteiger partial charge in [0.15, 0.2) is 4.73 Å². The van der Waals surface area contributed by atoms with Gasteiger partial charge in [0, 0.05) is 18.3 Å². The van der Waals surface area contributed by atoms with Gasteiger partial charge in [-0.15, -0.1) is 0 Å². The summed E-state index contributed by atoms with van der Waals surface area (Å²) in [5, 5.41) is 9.67. The second-order valence-corrected chi connectivity index (χ2v) is 7.13. The molecule has 0 radical (unpaired) electrons. The van der Waals surface area contributed by atoms with E-state index in [1.807, 2.05) is 6.07 Å². The Balaban J connectivity index is 1.69. The van der Waals surface area contributed by atoms with E-state index in [0.29, 0.717) is 40.2 Å².